The van der Waals surface area contributed by atoms with Crippen molar-refractivity contribution in [3.8, 4) is 16.9 Å². The third-order valence-corrected chi connectivity index (χ3v) is 4.02. The van der Waals surface area contributed by atoms with Crippen LogP contribution < -0.4 is 0 Å². The second-order valence-corrected chi connectivity index (χ2v) is 5.51. The number of rotatable bonds is 3. The van der Waals surface area contributed by atoms with Crippen molar-refractivity contribution in [1.29, 1.82) is 0 Å². The van der Waals surface area contributed by atoms with Crippen molar-refractivity contribution in [3.05, 3.63) is 64.3 Å². The van der Waals surface area contributed by atoms with Crippen LogP contribution in [-0.2, 0) is 0 Å². The molecule has 0 amide bonds. The highest BCUT2D eigenvalue weighted by Crippen LogP contribution is 2.28. The van der Waals surface area contributed by atoms with Gasteiger partial charge in [0.1, 0.15) is 5.69 Å². The number of benzene rings is 2. The fourth-order valence-corrected chi connectivity index (χ4v) is 2.53. The molecule has 0 N–H and O–H groups in total. The molecule has 0 saturated heterocycles. The predicted octanol–water partition coefficient (Wildman–Crippen LogP) is 4.02. The summed E-state index contributed by atoms with van der Waals surface area (Å²) >= 11 is 6.20. The Morgan fingerprint density at radius 3 is 2.55 bits per heavy atom. The molecule has 0 aliphatic rings. The van der Waals surface area contributed by atoms with Gasteiger partial charge in [-0.25, -0.2) is 4.68 Å². The zero-order valence-electron chi connectivity index (χ0n) is 12.2. The van der Waals surface area contributed by atoms with Crippen LogP contribution in [0.3, 0.4) is 0 Å². The molecule has 3 rings (SSSR count). The van der Waals surface area contributed by atoms with E-state index in [1.54, 1.807) is 4.68 Å². The van der Waals surface area contributed by atoms with Gasteiger partial charge >= 0.3 is 0 Å². The van der Waals surface area contributed by atoms with E-state index in [0.29, 0.717) is 16.4 Å². The molecule has 110 valence electrons. The van der Waals surface area contributed by atoms with Crippen molar-refractivity contribution >= 4 is 17.9 Å². The maximum Gasteiger partial charge on any atom is 0.172 e. The summed E-state index contributed by atoms with van der Waals surface area (Å²) in [7, 11) is 0. The Bertz CT molecular complexity index is 855. The van der Waals surface area contributed by atoms with E-state index in [-0.39, 0.29) is 0 Å². The normalized spacial score (nSPS) is 10.7. The number of carbonyl (C=O) groups is 1. The Kier molecular flexibility index (Phi) is 3.77. The van der Waals surface area contributed by atoms with Gasteiger partial charge in [0.05, 0.1) is 5.69 Å². The number of hydrogen-bond donors (Lipinski definition) is 0. The quantitative estimate of drug-likeness (QED) is 0.686. The minimum atomic E-state index is 0.311. The van der Waals surface area contributed by atoms with E-state index in [4.69, 9.17) is 11.6 Å². The summed E-state index contributed by atoms with van der Waals surface area (Å²) in [5.41, 5.74) is 4.71. The van der Waals surface area contributed by atoms with Gasteiger partial charge in [-0.2, -0.15) is 0 Å². The van der Waals surface area contributed by atoms with Crippen molar-refractivity contribution in [3.63, 3.8) is 0 Å². The summed E-state index contributed by atoms with van der Waals surface area (Å²) in [4.78, 5) is 11.3. The Labute approximate surface area is 133 Å². The van der Waals surface area contributed by atoms with Gasteiger partial charge in [0, 0.05) is 10.6 Å². The first-order valence-electron chi connectivity index (χ1n) is 6.85. The van der Waals surface area contributed by atoms with Gasteiger partial charge in [-0.15, -0.1) is 5.10 Å². The number of aryl methyl sites for hydroxylation is 2. The monoisotopic (exact) mass is 311 g/mol. The fraction of sp³-hybridized carbons (Fsp3) is 0.118. The van der Waals surface area contributed by atoms with E-state index in [2.05, 4.69) is 10.3 Å². The molecule has 0 aliphatic carbocycles. The van der Waals surface area contributed by atoms with Gasteiger partial charge in [0.25, 0.3) is 0 Å². The van der Waals surface area contributed by atoms with E-state index in [9.17, 15) is 4.79 Å². The summed E-state index contributed by atoms with van der Waals surface area (Å²) < 4.78 is 1.65. The number of carbonyl (C=O) groups excluding carboxylic acids is 1. The molecule has 22 heavy (non-hydrogen) atoms. The molecule has 0 unspecified atom stereocenters. The molecule has 1 aromatic heterocycles. The first-order chi connectivity index (χ1) is 10.6. The molecule has 0 atom stereocenters. The predicted molar refractivity (Wildman–Crippen MR) is 86.7 cm³/mol. The van der Waals surface area contributed by atoms with Crippen LogP contribution in [-0.4, -0.2) is 21.3 Å². The maximum atomic E-state index is 11.3. The Hall–Kier alpha value is -2.46. The van der Waals surface area contributed by atoms with Gasteiger partial charge in [0.15, 0.2) is 12.0 Å². The van der Waals surface area contributed by atoms with Crippen LogP contribution in [0.2, 0.25) is 5.02 Å². The van der Waals surface area contributed by atoms with Crippen molar-refractivity contribution in [2.24, 2.45) is 0 Å². The topological polar surface area (TPSA) is 47.8 Å². The third-order valence-electron chi connectivity index (χ3n) is 3.61. The molecule has 1 heterocycles. The average Bonchev–Trinajstić information content (AvgIpc) is 2.94. The van der Waals surface area contributed by atoms with Crippen LogP contribution in [0.1, 0.15) is 21.6 Å². The molecule has 0 radical (unpaired) electrons. The van der Waals surface area contributed by atoms with Gasteiger partial charge in [-0.1, -0.05) is 47.1 Å². The number of aldehydes is 1. The maximum absolute atomic E-state index is 11.3. The van der Waals surface area contributed by atoms with E-state index in [1.165, 1.54) is 0 Å². The molecule has 0 aliphatic heterocycles. The van der Waals surface area contributed by atoms with Crippen LogP contribution in [0.15, 0.2) is 42.5 Å². The lowest BCUT2D eigenvalue weighted by molar-refractivity contribution is 0.111. The number of nitrogens with zero attached hydrogens (tertiary/aromatic N) is 3. The second kappa shape index (κ2) is 5.73. The number of aromatic nitrogens is 3. The molecule has 0 saturated carbocycles. The molecule has 2 aromatic carbocycles. The van der Waals surface area contributed by atoms with Crippen LogP contribution in [0, 0.1) is 13.8 Å². The third kappa shape index (κ3) is 2.42. The smallest absolute Gasteiger partial charge is 0.172 e. The fourth-order valence-electron chi connectivity index (χ4n) is 2.36. The van der Waals surface area contributed by atoms with Crippen molar-refractivity contribution in [1.82, 2.24) is 15.0 Å². The van der Waals surface area contributed by atoms with Gasteiger partial charge in [-0.05, 0) is 37.1 Å². The summed E-state index contributed by atoms with van der Waals surface area (Å²) in [5.74, 6) is 0. The van der Waals surface area contributed by atoms with E-state index < -0.39 is 0 Å². The molecule has 0 spiro atoms. The van der Waals surface area contributed by atoms with E-state index >= 15 is 0 Å². The largest absolute Gasteiger partial charge is 0.296 e. The first kappa shape index (κ1) is 14.5. The summed E-state index contributed by atoms with van der Waals surface area (Å²) in [6.07, 6.45) is 0.723. The Morgan fingerprint density at radius 2 is 1.86 bits per heavy atom. The molecule has 0 bridgehead atoms. The number of halogens is 1. The molecule has 3 aromatic rings. The summed E-state index contributed by atoms with van der Waals surface area (Å²) in [6.45, 7) is 3.93. The van der Waals surface area contributed by atoms with Crippen molar-refractivity contribution in [2.45, 2.75) is 13.8 Å². The van der Waals surface area contributed by atoms with E-state index in [0.717, 1.165) is 28.7 Å². The molecule has 0 fully saturated rings. The van der Waals surface area contributed by atoms with Crippen LogP contribution >= 0.6 is 11.6 Å². The van der Waals surface area contributed by atoms with Crippen molar-refractivity contribution in [2.75, 3.05) is 0 Å². The van der Waals surface area contributed by atoms with E-state index in [1.807, 2.05) is 56.3 Å². The van der Waals surface area contributed by atoms with Crippen molar-refractivity contribution < 1.29 is 4.79 Å². The summed E-state index contributed by atoms with van der Waals surface area (Å²) in [5, 5.41) is 8.75. The first-order valence-corrected chi connectivity index (χ1v) is 7.23. The van der Waals surface area contributed by atoms with Crippen LogP contribution in [0.4, 0.5) is 0 Å². The highest BCUT2D eigenvalue weighted by atomic mass is 35.5. The SMILES string of the molecule is Cc1ccc(-n2nnc(C=O)c2-c2ccccc2C)cc1Cl. The summed E-state index contributed by atoms with van der Waals surface area (Å²) in [6, 6.07) is 13.5. The molecular weight excluding hydrogens is 298 g/mol. The Balaban J connectivity index is 2.26. The number of hydrogen-bond acceptors (Lipinski definition) is 3. The highest BCUT2D eigenvalue weighted by Gasteiger charge is 2.17. The second-order valence-electron chi connectivity index (χ2n) is 5.10. The lowest BCUT2D eigenvalue weighted by Crippen LogP contribution is -2.01. The molecule has 4 nitrogen and oxygen atoms in total. The minimum Gasteiger partial charge on any atom is -0.296 e. The zero-order valence-corrected chi connectivity index (χ0v) is 13.0. The van der Waals surface area contributed by atoms with Gasteiger partial charge < -0.3 is 0 Å². The van der Waals surface area contributed by atoms with Crippen LogP contribution in [0.25, 0.3) is 16.9 Å². The van der Waals surface area contributed by atoms with Crippen LogP contribution in [0.5, 0.6) is 0 Å². The molecule has 5 heteroatoms. The Morgan fingerprint density at radius 1 is 1.09 bits per heavy atom. The lowest BCUT2D eigenvalue weighted by atomic mass is 10.0. The van der Waals surface area contributed by atoms with Gasteiger partial charge in [-0.3, -0.25) is 4.79 Å². The molecular formula is C17H14ClN3O. The average molecular weight is 312 g/mol. The lowest BCUT2D eigenvalue weighted by Gasteiger charge is -2.10. The standard InChI is InChI=1S/C17H14ClN3O/c1-11-5-3-4-6-14(11)17-16(10-22)19-20-21(17)13-8-7-12(2)15(18)9-13/h3-10H,1-2H3. The highest BCUT2D eigenvalue weighted by molar-refractivity contribution is 6.31. The zero-order chi connectivity index (χ0) is 15.7. The van der Waals surface area contributed by atoms with Gasteiger partial charge in [0.2, 0.25) is 0 Å². The minimum absolute atomic E-state index is 0.311.